The van der Waals surface area contributed by atoms with Crippen molar-refractivity contribution in [3.63, 3.8) is 0 Å². The van der Waals surface area contributed by atoms with Gasteiger partial charge >= 0.3 is 0 Å². The minimum atomic E-state index is 0.244. The molecule has 3 heteroatoms. The third-order valence-electron chi connectivity index (χ3n) is 3.87. The lowest BCUT2D eigenvalue weighted by Crippen LogP contribution is -2.32. The molecule has 1 aliphatic rings. The standard InChI is InChI=1S/C16H19N3/c1-11-16(18-8-7-17-11)12(2)19-15-9-13-5-3-4-6-14(13)10-15/h3-8,12,15,19H,9-10H2,1-2H3. The summed E-state index contributed by atoms with van der Waals surface area (Å²) >= 11 is 0. The number of aromatic nitrogens is 2. The average molecular weight is 253 g/mol. The molecule has 0 saturated heterocycles. The molecule has 1 atom stereocenters. The highest BCUT2D eigenvalue weighted by molar-refractivity contribution is 5.33. The summed E-state index contributed by atoms with van der Waals surface area (Å²) in [4.78, 5) is 8.76. The highest BCUT2D eigenvalue weighted by atomic mass is 15.0. The maximum absolute atomic E-state index is 4.44. The van der Waals surface area contributed by atoms with Crippen molar-refractivity contribution < 1.29 is 0 Å². The molecule has 0 saturated carbocycles. The summed E-state index contributed by atoms with van der Waals surface area (Å²) in [6, 6.07) is 9.46. The second-order valence-corrected chi connectivity index (χ2v) is 5.29. The average Bonchev–Trinajstić information content (AvgIpc) is 2.81. The summed E-state index contributed by atoms with van der Waals surface area (Å²) in [6.45, 7) is 4.18. The topological polar surface area (TPSA) is 37.8 Å². The third-order valence-corrected chi connectivity index (χ3v) is 3.87. The summed E-state index contributed by atoms with van der Waals surface area (Å²) in [7, 11) is 0. The molecule has 3 nitrogen and oxygen atoms in total. The van der Waals surface area contributed by atoms with Crippen molar-refractivity contribution in [1.82, 2.24) is 15.3 Å². The predicted molar refractivity (Wildman–Crippen MR) is 76.0 cm³/mol. The van der Waals surface area contributed by atoms with Gasteiger partial charge < -0.3 is 5.32 Å². The van der Waals surface area contributed by atoms with E-state index >= 15 is 0 Å². The minimum Gasteiger partial charge on any atom is -0.305 e. The Labute approximate surface area is 114 Å². The molecule has 0 amide bonds. The Bertz CT molecular complexity index is 555. The molecular weight excluding hydrogens is 234 g/mol. The van der Waals surface area contributed by atoms with Gasteiger partial charge in [0, 0.05) is 24.5 Å². The molecular formula is C16H19N3. The minimum absolute atomic E-state index is 0.244. The van der Waals surface area contributed by atoms with Crippen LogP contribution in [0.15, 0.2) is 36.7 Å². The van der Waals surface area contributed by atoms with E-state index in [1.54, 1.807) is 12.4 Å². The first-order valence-electron chi connectivity index (χ1n) is 6.84. The van der Waals surface area contributed by atoms with Crippen molar-refractivity contribution in [2.24, 2.45) is 0 Å². The number of rotatable bonds is 3. The monoisotopic (exact) mass is 253 g/mol. The molecule has 0 radical (unpaired) electrons. The van der Waals surface area contributed by atoms with Gasteiger partial charge in [-0.15, -0.1) is 0 Å². The van der Waals surface area contributed by atoms with Crippen LogP contribution in [0.25, 0.3) is 0 Å². The molecule has 0 spiro atoms. The fourth-order valence-corrected chi connectivity index (χ4v) is 2.95. The van der Waals surface area contributed by atoms with Crippen LogP contribution in [0.5, 0.6) is 0 Å². The highest BCUT2D eigenvalue weighted by Gasteiger charge is 2.23. The zero-order valence-corrected chi connectivity index (χ0v) is 11.4. The van der Waals surface area contributed by atoms with Crippen LogP contribution < -0.4 is 5.32 Å². The zero-order chi connectivity index (χ0) is 13.2. The summed E-state index contributed by atoms with van der Waals surface area (Å²) in [5, 5.41) is 3.68. The lowest BCUT2D eigenvalue weighted by atomic mass is 10.1. The van der Waals surface area contributed by atoms with Gasteiger partial charge in [0.1, 0.15) is 0 Å². The van der Waals surface area contributed by atoms with E-state index in [4.69, 9.17) is 0 Å². The van der Waals surface area contributed by atoms with Crippen molar-refractivity contribution in [1.29, 1.82) is 0 Å². The number of nitrogens with zero attached hydrogens (tertiary/aromatic N) is 2. The predicted octanol–water partition coefficient (Wildman–Crippen LogP) is 2.60. The normalized spacial score (nSPS) is 16.3. The molecule has 0 fully saturated rings. The van der Waals surface area contributed by atoms with Gasteiger partial charge in [0.15, 0.2) is 0 Å². The van der Waals surface area contributed by atoms with E-state index in [9.17, 15) is 0 Å². The van der Waals surface area contributed by atoms with Crippen LogP contribution in [0.3, 0.4) is 0 Å². The van der Waals surface area contributed by atoms with Crippen LogP contribution >= 0.6 is 0 Å². The second kappa shape index (κ2) is 5.10. The summed E-state index contributed by atoms with van der Waals surface area (Å²) in [5.74, 6) is 0. The fourth-order valence-electron chi connectivity index (χ4n) is 2.95. The molecule has 2 aromatic rings. The quantitative estimate of drug-likeness (QED) is 0.913. The lowest BCUT2D eigenvalue weighted by molar-refractivity contribution is 0.458. The van der Waals surface area contributed by atoms with Crippen molar-refractivity contribution in [2.45, 2.75) is 38.8 Å². The summed E-state index contributed by atoms with van der Waals surface area (Å²) < 4.78 is 0. The third kappa shape index (κ3) is 2.51. The van der Waals surface area contributed by atoms with Gasteiger partial charge in [0.2, 0.25) is 0 Å². The largest absolute Gasteiger partial charge is 0.305 e. The molecule has 1 aromatic heterocycles. The molecule has 98 valence electrons. The Morgan fingerprint density at radius 1 is 1.11 bits per heavy atom. The first-order chi connectivity index (χ1) is 9.24. The summed E-state index contributed by atoms with van der Waals surface area (Å²) in [5.41, 5.74) is 5.02. The molecule has 1 aliphatic carbocycles. The number of aryl methyl sites for hydroxylation is 1. The highest BCUT2D eigenvalue weighted by Crippen LogP contribution is 2.24. The Morgan fingerprint density at radius 2 is 1.74 bits per heavy atom. The van der Waals surface area contributed by atoms with Crippen molar-refractivity contribution >= 4 is 0 Å². The first kappa shape index (κ1) is 12.3. The van der Waals surface area contributed by atoms with E-state index in [1.807, 2.05) is 6.92 Å². The second-order valence-electron chi connectivity index (χ2n) is 5.29. The van der Waals surface area contributed by atoms with Crippen LogP contribution in [0.1, 0.15) is 35.5 Å². The number of fused-ring (bicyclic) bond motifs is 1. The van der Waals surface area contributed by atoms with Crippen molar-refractivity contribution in [2.75, 3.05) is 0 Å². The van der Waals surface area contributed by atoms with E-state index in [2.05, 4.69) is 46.5 Å². The SMILES string of the molecule is Cc1nccnc1C(C)NC1Cc2ccccc2C1. The molecule has 1 aromatic carbocycles. The van der Waals surface area contributed by atoms with Gasteiger partial charge in [-0.1, -0.05) is 24.3 Å². The maximum Gasteiger partial charge on any atom is 0.0782 e. The van der Waals surface area contributed by atoms with Crippen LogP contribution in [0, 0.1) is 6.92 Å². The number of nitrogens with one attached hydrogen (secondary N) is 1. The first-order valence-corrected chi connectivity index (χ1v) is 6.84. The number of hydrogen-bond acceptors (Lipinski definition) is 3. The molecule has 1 heterocycles. The Balaban J connectivity index is 1.69. The van der Waals surface area contributed by atoms with Crippen molar-refractivity contribution in [3.8, 4) is 0 Å². The maximum atomic E-state index is 4.44. The Kier molecular flexibility index (Phi) is 3.30. The van der Waals surface area contributed by atoms with Gasteiger partial charge in [-0.3, -0.25) is 9.97 Å². The fraction of sp³-hybridized carbons (Fsp3) is 0.375. The van der Waals surface area contributed by atoms with E-state index in [-0.39, 0.29) is 6.04 Å². The van der Waals surface area contributed by atoms with E-state index < -0.39 is 0 Å². The van der Waals surface area contributed by atoms with E-state index in [1.165, 1.54) is 11.1 Å². The van der Waals surface area contributed by atoms with Gasteiger partial charge in [-0.05, 0) is 37.8 Å². The molecule has 19 heavy (non-hydrogen) atoms. The van der Waals surface area contributed by atoms with Gasteiger partial charge in [-0.25, -0.2) is 0 Å². The molecule has 1 N–H and O–H groups in total. The van der Waals surface area contributed by atoms with E-state index in [0.717, 1.165) is 24.2 Å². The van der Waals surface area contributed by atoms with Crippen LogP contribution in [-0.4, -0.2) is 16.0 Å². The molecule has 1 unspecified atom stereocenters. The molecule has 3 rings (SSSR count). The van der Waals surface area contributed by atoms with E-state index in [0.29, 0.717) is 6.04 Å². The van der Waals surface area contributed by atoms with Crippen LogP contribution in [-0.2, 0) is 12.8 Å². The Morgan fingerprint density at radius 3 is 2.37 bits per heavy atom. The molecule has 0 bridgehead atoms. The van der Waals surface area contributed by atoms with Crippen LogP contribution in [0.2, 0.25) is 0 Å². The van der Waals surface area contributed by atoms with Crippen LogP contribution in [0.4, 0.5) is 0 Å². The van der Waals surface area contributed by atoms with Gasteiger partial charge in [0.05, 0.1) is 11.4 Å². The summed E-state index contributed by atoms with van der Waals surface area (Å²) in [6.07, 6.45) is 5.74. The number of hydrogen-bond donors (Lipinski definition) is 1. The number of benzene rings is 1. The van der Waals surface area contributed by atoms with Crippen molar-refractivity contribution in [3.05, 3.63) is 59.2 Å². The lowest BCUT2D eigenvalue weighted by Gasteiger charge is -2.19. The van der Waals surface area contributed by atoms with Gasteiger partial charge in [0.25, 0.3) is 0 Å². The smallest absolute Gasteiger partial charge is 0.0782 e. The van der Waals surface area contributed by atoms with Gasteiger partial charge in [-0.2, -0.15) is 0 Å². The Hall–Kier alpha value is -1.74. The zero-order valence-electron chi connectivity index (χ0n) is 11.4. The molecule has 0 aliphatic heterocycles.